The molecule has 2 unspecified atom stereocenters. The smallest absolute Gasteiger partial charge is 0.325 e. The van der Waals surface area contributed by atoms with Crippen molar-refractivity contribution in [3.05, 3.63) is 34.9 Å². The van der Waals surface area contributed by atoms with Crippen LogP contribution in [0.1, 0.15) is 51.1 Å². The molecular weight excluding hydrogens is 366 g/mol. The van der Waals surface area contributed by atoms with Crippen LogP contribution in [0.5, 0.6) is 0 Å². The zero-order valence-electron chi connectivity index (χ0n) is 15.6. The quantitative estimate of drug-likeness (QED) is 0.760. The van der Waals surface area contributed by atoms with E-state index in [0.29, 0.717) is 5.02 Å². The second kappa shape index (κ2) is 6.51. The van der Waals surface area contributed by atoms with Gasteiger partial charge in [-0.2, -0.15) is 0 Å². The first-order chi connectivity index (χ1) is 12.8. The standard InChI is InChI=1S/C20H24ClN3O3/c1-12(13-3-7-15(21)8-4-13)24(16-9-10-16)17(25)11-23-18(26)20(2,14-5-6-14)22-19(23)27/h3-4,7-8,12,14,16H,5-6,9-11H2,1-2H3,(H,22,27). The lowest BCUT2D eigenvalue weighted by Gasteiger charge is -2.31. The molecule has 1 aliphatic heterocycles. The zero-order chi connectivity index (χ0) is 19.3. The van der Waals surface area contributed by atoms with Crippen LogP contribution in [0.2, 0.25) is 5.02 Å². The van der Waals surface area contributed by atoms with Crippen LogP contribution in [0.25, 0.3) is 0 Å². The lowest BCUT2D eigenvalue weighted by molar-refractivity contribution is -0.140. The molecule has 7 heteroatoms. The largest absolute Gasteiger partial charge is 0.331 e. The van der Waals surface area contributed by atoms with Gasteiger partial charge in [0.1, 0.15) is 12.1 Å². The van der Waals surface area contributed by atoms with Crippen molar-refractivity contribution < 1.29 is 14.4 Å². The predicted molar refractivity (Wildman–Crippen MR) is 101 cm³/mol. The van der Waals surface area contributed by atoms with Crippen LogP contribution in [-0.2, 0) is 9.59 Å². The molecule has 0 bridgehead atoms. The molecule has 0 spiro atoms. The first-order valence-electron chi connectivity index (χ1n) is 9.52. The number of nitrogens with zero attached hydrogens (tertiary/aromatic N) is 2. The zero-order valence-corrected chi connectivity index (χ0v) is 16.3. The molecule has 1 saturated heterocycles. The van der Waals surface area contributed by atoms with Crippen LogP contribution in [0.15, 0.2) is 24.3 Å². The molecule has 144 valence electrons. The van der Waals surface area contributed by atoms with E-state index in [9.17, 15) is 14.4 Å². The number of rotatable bonds is 6. The molecule has 0 aromatic heterocycles. The van der Waals surface area contributed by atoms with E-state index in [2.05, 4.69) is 5.32 Å². The van der Waals surface area contributed by atoms with Crippen LogP contribution in [0.4, 0.5) is 4.79 Å². The Balaban J connectivity index is 1.50. The fourth-order valence-corrected chi connectivity index (χ4v) is 4.13. The number of imide groups is 1. The second-order valence-corrected chi connectivity index (χ2v) is 8.49. The van der Waals surface area contributed by atoms with Gasteiger partial charge in [0.05, 0.1) is 6.04 Å². The third-order valence-electron chi connectivity index (χ3n) is 5.99. The minimum atomic E-state index is -0.858. The molecule has 27 heavy (non-hydrogen) atoms. The fraction of sp³-hybridized carbons (Fsp3) is 0.550. The van der Waals surface area contributed by atoms with E-state index >= 15 is 0 Å². The molecule has 3 fully saturated rings. The van der Waals surface area contributed by atoms with E-state index in [4.69, 9.17) is 11.6 Å². The number of hydrogen-bond donors (Lipinski definition) is 1. The SMILES string of the molecule is CC(c1ccc(Cl)cc1)N(C(=O)CN1C(=O)NC(C)(C2CC2)C1=O)C1CC1. The maximum absolute atomic E-state index is 13.1. The molecule has 2 saturated carbocycles. The highest BCUT2D eigenvalue weighted by atomic mass is 35.5. The van der Waals surface area contributed by atoms with Gasteiger partial charge in [-0.3, -0.25) is 14.5 Å². The van der Waals surface area contributed by atoms with Crippen LogP contribution in [0, 0.1) is 5.92 Å². The molecule has 1 N–H and O–H groups in total. The summed E-state index contributed by atoms with van der Waals surface area (Å²) in [7, 11) is 0. The Kier molecular flexibility index (Phi) is 4.41. The molecule has 1 aromatic rings. The van der Waals surface area contributed by atoms with Crippen molar-refractivity contribution in [1.29, 1.82) is 0 Å². The first kappa shape index (κ1) is 18.3. The second-order valence-electron chi connectivity index (χ2n) is 8.06. The minimum Gasteiger partial charge on any atom is -0.331 e. The van der Waals surface area contributed by atoms with Crippen molar-refractivity contribution in [2.24, 2.45) is 5.92 Å². The molecule has 2 atom stereocenters. The third-order valence-corrected chi connectivity index (χ3v) is 6.24. The summed E-state index contributed by atoms with van der Waals surface area (Å²) < 4.78 is 0. The number of halogens is 1. The lowest BCUT2D eigenvalue weighted by atomic mass is 9.96. The molecular formula is C20H24ClN3O3. The summed E-state index contributed by atoms with van der Waals surface area (Å²) in [5.74, 6) is -0.289. The van der Waals surface area contributed by atoms with Gasteiger partial charge in [-0.25, -0.2) is 4.79 Å². The van der Waals surface area contributed by atoms with Crippen molar-refractivity contribution in [2.75, 3.05) is 6.54 Å². The van der Waals surface area contributed by atoms with Gasteiger partial charge in [0, 0.05) is 11.1 Å². The van der Waals surface area contributed by atoms with Crippen molar-refractivity contribution in [2.45, 2.75) is 57.2 Å². The number of carbonyl (C=O) groups is 3. The Hall–Kier alpha value is -2.08. The van der Waals surface area contributed by atoms with Gasteiger partial charge in [0.15, 0.2) is 0 Å². The average Bonchev–Trinajstić information content (AvgIpc) is 3.52. The molecule has 6 nitrogen and oxygen atoms in total. The van der Waals surface area contributed by atoms with Crippen molar-refractivity contribution in [3.63, 3.8) is 0 Å². The maximum atomic E-state index is 13.1. The summed E-state index contributed by atoms with van der Waals surface area (Å²) in [6, 6.07) is 7.00. The van der Waals surface area contributed by atoms with E-state index < -0.39 is 11.6 Å². The van der Waals surface area contributed by atoms with Crippen LogP contribution >= 0.6 is 11.6 Å². The normalized spacial score (nSPS) is 26.1. The number of benzene rings is 1. The Morgan fingerprint density at radius 3 is 2.44 bits per heavy atom. The number of carbonyl (C=O) groups excluding carboxylic acids is 3. The summed E-state index contributed by atoms with van der Waals surface area (Å²) in [5.41, 5.74) is 0.128. The van der Waals surface area contributed by atoms with Gasteiger partial charge in [0.25, 0.3) is 5.91 Å². The van der Waals surface area contributed by atoms with Crippen molar-refractivity contribution in [3.8, 4) is 0 Å². The molecule has 4 amide bonds. The van der Waals surface area contributed by atoms with Crippen molar-refractivity contribution in [1.82, 2.24) is 15.1 Å². The van der Waals surface area contributed by atoms with Crippen LogP contribution in [-0.4, -0.2) is 45.8 Å². The highest BCUT2D eigenvalue weighted by molar-refractivity contribution is 6.30. The summed E-state index contributed by atoms with van der Waals surface area (Å²) in [4.78, 5) is 41.1. The van der Waals surface area contributed by atoms with Crippen LogP contribution < -0.4 is 5.32 Å². The molecule has 3 aliphatic rings. The van der Waals surface area contributed by atoms with E-state index in [0.717, 1.165) is 36.1 Å². The summed E-state index contributed by atoms with van der Waals surface area (Å²) in [5, 5.41) is 3.45. The van der Waals surface area contributed by atoms with Gasteiger partial charge >= 0.3 is 6.03 Å². The monoisotopic (exact) mass is 389 g/mol. The molecule has 4 rings (SSSR count). The van der Waals surface area contributed by atoms with Gasteiger partial charge < -0.3 is 10.2 Å². The topological polar surface area (TPSA) is 69.7 Å². The Morgan fingerprint density at radius 2 is 1.89 bits per heavy atom. The third kappa shape index (κ3) is 3.31. The van der Waals surface area contributed by atoms with Crippen molar-refractivity contribution >= 4 is 29.4 Å². The number of amides is 4. The van der Waals surface area contributed by atoms with Gasteiger partial charge in [-0.05, 0) is 63.1 Å². The fourth-order valence-electron chi connectivity index (χ4n) is 4.00. The summed E-state index contributed by atoms with van der Waals surface area (Å²) >= 11 is 5.97. The summed E-state index contributed by atoms with van der Waals surface area (Å²) in [6.45, 7) is 3.53. The molecule has 2 aliphatic carbocycles. The predicted octanol–water partition coefficient (Wildman–Crippen LogP) is 3.11. The minimum absolute atomic E-state index is 0.141. The molecule has 1 heterocycles. The van der Waals surface area contributed by atoms with E-state index in [-0.39, 0.29) is 36.4 Å². The highest BCUT2D eigenvalue weighted by Crippen LogP contribution is 2.43. The Bertz CT molecular complexity index is 788. The molecule has 1 aromatic carbocycles. The van der Waals surface area contributed by atoms with Gasteiger partial charge in [-0.15, -0.1) is 0 Å². The first-order valence-corrected chi connectivity index (χ1v) is 9.90. The number of nitrogens with one attached hydrogen (secondary N) is 1. The highest BCUT2D eigenvalue weighted by Gasteiger charge is 2.56. The Morgan fingerprint density at radius 1 is 1.26 bits per heavy atom. The Labute approximate surface area is 163 Å². The summed E-state index contributed by atoms with van der Waals surface area (Å²) in [6.07, 6.45) is 3.77. The number of urea groups is 1. The number of hydrogen-bond acceptors (Lipinski definition) is 3. The van der Waals surface area contributed by atoms with E-state index in [1.54, 1.807) is 6.92 Å². The lowest BCUT2D eigenvalue weighted by Crippen LogP contribution is -2.48. The van der Waals surface area contributed by atoms with E-state index in [1.807, 2.05) is 36.1 Å². The maximum Gasteiger partial charge on any atom is 0.325 e. The van der Waals surface area contributed by atoms with Gasteiger partial charge in [0.2, 0.25) is 5.91 Å². The molecule has 0 radical (unpaired) electrons. The van der Waals surface area contributed by atoms with E-state index in [1.165, 1.54) is 0 Å². The van der Waals surface area contributed by atoms with Crippen LogP contribution in [0.3, 0.4) is 0 Å². The van der Waals surface area contributed by atoms with Gasteiger partial charge in [-0.1, -0.05) is 23.7 Å². The average molecular weight is 390 g/mol.